The Hall–Kier alpha value is -6.78. The molecule has 0 N–H and O–H groups in total. The largest absolute Gasteiger partial charge is 0.456 e. The number of hydrogen-bond acceptors (Lipinski definition) is 2. The summed E-state index contributed by atoms with van der Waals surface area (Å²) in [6, 6.07) is 52.1. The smallest absolute Gasteiger partial charge is 0.333 e. The number of hydrogen-bond donors (Lipinski definition) is 0. The molecular weight excluding hydrogens is 812 g/mol. The van der Waals surface area contributed by atoms with E-state index in [4.69, 9.17) is 4.42 Å². The highest BCUT2D eigenvalue weighted by atomic mass is 16.3. The lowest BCUT2D eigenvalue weighted by atomic mass is 9.43. The highest BCUT2D eigenvalue weighted by Gasteiger charge is 2.48. The van der Waals surface area contributed by atoms with Crippen molar-refractivity contribution >= 4 is 72.9 Å². The number of aromatic nitrogens is 1. The number of anilines is 2. The van der Waals surface area contributed by atoms with Crippen LogP contribution in [0.1, 0.15) is 108 Å². The van der Waals surface area contributed by atoms with Crippen molar-refractivity contribution < 1.29 is 4.42 Å². The van der Waals surface area contributed by atoms with E-state index in [0.717, 1.165) is 21.9 Å². The van der Waals surface area contributed by atoms with Crippen molar-refractivity contribution in [3.63, 3.8) is 0 Å². The summed E-state index contributed by atoms with van der Waals surface area (Å²) in [5.74, 6) is 0. The van der Waals surface area contributed by atoms with Crippen LogP contribution in [-0.2, 0) is 21.7 Å². The van der Waals surface area contributed by atoms with Gasteiger partial charge in [-0.25, -0.2) is 0 Å². The van der Waals surface area contributed by atoms with Gasteiger partial charge in [0.25, 0.3) is 0 Å². The maximum atomic E-state index is 6.66. The van der Waals surface area contributed by atoms with Crippen LogP contribution >= 0.6 is 0 Å². The fourth-order valence-electron chi connectivity index (χ4n) is 13.2. The molecule has 10 aromatic rings. The van der Waals surface area contributed by atoms with Gasteiger partial charge in [-0.2, -0.15) is 0 Å². The molecule has 0 saturated carbocycles. The van der Waals surface area contributed by atoms with Crippen molar-refractivity contribution in [2.45, 2.75) is 97.8 Å². The second-order valence-corrected chi connectivity index (χ2v) is 23.4. The molecule has 14 rings (SSSR count). The van der Waals surface area contributed by atoms with Gasteiger partial charge in [-0.3, -0.25) is 0 Å². The van der Waals surface area contributed by atoms with Crippen LogP contribution in [0.5, 0.6) is 0 Å². The summed E-state index contributed by atoms with van der Waals surface area (Å²) in [4.78, 5) is 2.73. The minimum absolute atomic E-state index is 0.0269. The first-order valence-electron chi connectivity index (χ1n) is 24.4. The monoisotopic (exact) mass is 866 g/mol. The summed E-state index contributed by atoms with van der Waals surface area (Å²) >= 11 is 0. The predicted octanol–water partition coefficient (Wildman–Crippen LogP) is 15.4. The molecule has 326 valence electrons. The molecule has 0 spiro atoms. The first kappa shape index (κ1) is 39.4. The quantitative estimate of drug-likeness (QED) is 0.153. The topological polar surface area (TPSA) is 21.3 Å². The van der Waals surface area contributed by atoms with Crippen molar-refractivity contribution in [2.24, 2.45) is 0 Å². The normalized spacial score (nSPS) is 15.9. The standard InChI is InChI=1S/C63H55BN2O/c1-34-26-45-43-28-49-42(40-27-36(61(5,6)7)22-25-48(40)63(49,10)11)30-53(43)66(37-23-20-35(21-24-37)60(2,3)4)64-51-29-41-38-16-12-14-18-47(38)62(8,9)50(41)33-54(51)65-52-31-44-39-17-13-15-19-55(39)67-56(44)32-46(52)57(34)59(65)58(45)64/h12-33H,1-11H3. The van der Waals surface area contributed by atoms with Gasteiger partial charge in [0.05, 0.1) is 11.0 Å². The summed E-state index contributed by atoms with van der Waals surface area (Å²) in [5.41, 5.74) is 28.2. The number of fused-ring (bicyclic) bond motifs is 17. The molecule has 8 aromatic carbocycles. The van der Waals surface area contributed by atoms with E-state index >= 15 is 0 Å². The lowest BCUT2D eigenvalue weighted by Gasteiger charge is -2.43. The fourth-order valence-corrected chi connectivity index (χ4v) is 13.2. The second kappa shape index (κ2) is 12.4. The molecule has 2 aliphatic heterocycles. The van der Waals surface area contributed by atoms with Gasteiger partial charge in [-0.1, -0.05) is 154 Å². The molecule has 2 aromatic heterocycles. The Kier molecular flexibility index (Phi) is 7.29. The van der Waals surface area contributed by atoms with Gasteiger partial charge in [0, 0.05) is 55.0 Å². The van der Waals surface area contributed by atoms with Crippen molar-refractivity contribution in [3.8, 4) is 39.1 Å². The number of furan rings is 1. The molecule has 4 aliphatic rings. The molecule has 0 amide bonds. The number of rotatable bonds is 1. The molecule has 3 nitrogen and oxygen atoms in total. The summed E-state index contributed by atoms with van der Waals surface area (Å²) in [5, 5.41) is 4.86. The second-order valence-electron chi connectivity index (χ2n) is 23.4. The van der Waals surface area contributed by atoms with Gasteiger partial charge in [0.2, 0.25) is 0 Å². The molecule has 0 radical (unpaired) electrons. The van der Waals surface area contributed by atoms with E-state index in [-0.39, 0.29) is 28.5 Å². The van der Waals surface area contributed by atoms with Gasteiger partial charge >= 0.3 is 6.85 Å². The van der Waals surface area contributed by atoms with Crippen LogP contribution in [0.4, 0.5) is 11.4 Å². The average molecular weight is 867 g/mol. The van der Waals surface area contributed by atoms with E-state index in [1.54, 1.807) is 0 Å². The lowest BCUT2D eigenvalue weighted by molar-refractivity contribution is 0.589. The molecular formula is C63H55BN2O. The van der Waals surface area contributed by atoms with Crippen LogP contribution in [0.25, 0.3) is 82.8 Å². The van der Waals surface area contributed by atoms with Crippen LogP contribution in [-0.4, -0.2) is 11.4 Å². The SMILES string of the molecule is Cc1cc2c3c4c1c1cc5oc6ccccc6c5cc1n4-c1cc4c(cc1B3N(c1ccc(C(C)(C)C)cc1)c1cc3c(cc1-2)C(C)(C)c1ccc(C(C)(C)C)cc1-3)-c1ccccc1C4(C)C. The van der Waals surface area contributed by atoms with Crippen molar-refractivity contribution in [1.29, 1.82) is 0 Å². The fraction of sp³-hybridized carbons (Fsp3) is 0.238. The van der Waals surface area contributed by atoms with Crippen molar-refractivity contribution in [2.75, 3.05) is 4.81 Å². The van der Waals surface area contributed by atoms with Crippen LogP contribution in [0.3, 0.4) is 0 Å². The Morgan fingerprint density at radius 1 is 0.493 bits per heavy atom. The zero-order valence-corrected chi connectivity index (χ0v) is 40.6. The summed E-state index contributed by atoms with van der Waals surface area (Å²) < 4.78 is 9.32. The van der Waals surface area contributed by atoms with Crippen LogP contribution in [0.2, 0.25) is 0 Å². The maximum absolute atomic E-state index is 6.66. The minimum Gasteiger partial charge on any atom is -0.456 e. The third kappa shape index (κ3) is 4.94. The van der Waals surface area contributed by atoms with Gasteiger partial charge in [0.1, 0.15) is 11.2 Å². The van der Waals surface area contributed by atoms with Crippen LogP contribution in [0, 0.1) is 6.92 Å². The Balaban J connectivity index is 1.16. The van der Waals surface area contributed by atoms with Gasteiger partial charge in [-0.05, 0) is 144 Å². The molecule has 0 saturated heterocycles. The Morgan fingerprint density at radius 2 is 1.15 bits per heavy atom. The average Bonchev–Trinajstić information content (AvgIpc) is 3.97. The predicted molar refractivity (Wildman–Crippen MR) is 284 cm³/mol. The molecule has 0 atom stereocenters. The van der Waals surface area contributed by atoms with E-state index in [2.05, 4.69) is 219 Å². The zero-order valence-electron chi connectivity index (χ0n) is 40.6. The molecule has 2 aliphatic carbocycles. The maximum Gasteiger partial charge on any atom is 0.333 e. The molecule has 0 unspecified atom stereocenters. The molecule has 0 bridgehead atoms. The van der Waals surface area contributed by atoms with E-state index in [9.17, 15) is 0 Å². The van der Waals surface area contributed by atoms with Gasteiger partial charge in [-0.15, -0.1) is 0 Å². The highest BCUT2D eigenvalue weighted by molar-refractivity contribution is 6.93. The van der Waals surface area contributed by atoms with E-state index < -0.39 is 0 Å². The first-order valence-corrected chi connectivity index (χ1v) is 24.4. The highest BCUT2D eigenvalue weighted by Crippen LogP contribution is 2.56. The molecule has 0 fully saturated rings. The van der Waals surface area contributed by atoms with Crippen molar-refractivity contribution in [1.82, 2.24) is 4.57 Å². The van der Waals surface area contributed by atoms with Gasteiger partial charge in [0.15, 0.2) is 0 Å². The summed E-state index contributed by atoms with van der Waals surface area (Å²) in [6.45, 7) is 25.9. The Labute approximate surface area is 394 Å². The third-order valence-electron chi connectivity index (χ3n) is 16.8. The Morgan fingerprint density at radius 3 is 1.91 bits per heavy atom. The van der Waals surface area contributed by atoms with E-state index in [0.29, 0.717) is 0 Å². The minimum atomic E-state index is -0.165. The number of para-hydroxylation sites is 1. The van der Waals surface area contributed by atoms with Gasteiger partial charge < -0.3 is 13.8 Å². The number of benzene rings is 8. The van der Waals surface area contributed by atoms with Crippen LogP contribution in [0.15, 0.2) is 138 Å². The van der Waals surface area contributed by atoms with Crippen LogP contribution < -0.4 is 15.7 Å². The molecule has 67 heavy (non-hydrogen) atoms. The third-order valence-corrected chi connectivity index (χ3v) is 16.8. The number of nitrogens with zero attached hydrogens (tertiary/aromatic N) is 2. The first-order chi connectivity index (χ1) is 31.9. The Bertz CT molecular complexity index is 3900. The number of aryl methyl sites for hydroxylation is 1. The van der Waals surface area contributed by atoms with Crippen molar-refractivity contribution in [3.05, 3.63) is 172 Å². The lowest BCUT2D eigenvalue weighted by Crippen LogP contribution is -2.60. The zero-order chi connectivity index (χ0) is 46.0. The molecule has 4 heteroatoms. The van der Waals surface area contributed by atoms with E-state index in [1.165, 1.54) is 122 Å². The molecule has 4 heterocycles. The summed E-state index contributed by atoms with van der Waals surface area (Å²) in [6.07, 6.45) is 0. The van der Waals surface area contributed by atoms with E-state index in [1.807, 2.05) is 0 Å². The summed E-state index contributed by atoms with van der Waals surface area (Å²) in [7, 11) is 0.